The molecule has 1 aromatic heterocycles. The molecule has 0 radical (unpaired) electrons. The summed E-state index contributed by atoms with van der Waals surface area (Å²) in [6.45, 7) is 9.20. The van der Waals surface area contributed by atoms with Gasteiger partial charge in [-0.3, -0.25) is 9.48 Å². The fourth-order valence-electron chi connectivity index (χ4n) is 2.25. The number of nitrogens with zero attached hydrogens (tertiary/aromatic N) is 2. The van der Waals surface area contributed by atoms with Gasteiger partial charge in [-0.15, -0.1) is 0 Å². The van der Waals surface area contributed by atoms with Crippen LogP contribution in [0.25, 0.3) is 0 Å². The van der Waals surface area contributed by atoms with E-state index in [4.69, 9.17) is 11.6 Å². The van der Waals surface area contributed by atoms with Crippen LogP contribution in [0.3, 0.4) is 0 Å². The van der Waals surface area contributed by atoms with E-state index >= 15 is 0 Å². The van der Waals surface area contributed by atoms with E-state index < -0.39 is 0 Å². The van der Waals surface area contributed by atoms with E-state index in [-0.39, 0.29) is 5.91 Å². The lowest BCUT2D eigenvalue weighted by atomic mass is 10.1. The quantitative estimate of drug-likeness (QED) is 0.912. The summed E-state index contributed by atoms with van der Waals surface area (Å²) < 4.78 is 1.70. The second-order valence-corrected chi connectivity index (χ2v) is 6.35. The lowest BCUT2D eigenvalue weighted by molar-refractivity contribution is 0.0950. The number of nitrogens with one attached hydrogen (secondary N) is 1. The Hall–Kier alpha value is -1.81. The van der Waals surface area contributed by atoms with Crippen LogP contribution >= 0.6 is 11.6 Å². The van der Waals surface area contributed by atoms with E-state index in [1.807, 2.05) is 38.1 Å². The van der Waals surface area contributed by atoms with Gasteiger partial charge in [0.05, 0.1) is 11.3 Å². The van der Waals surface area contributed by atoms with Crippen LogP contribution in [-0.2, 0) is 13.1 Å². The molecule has 5 heteroatoms. The van der Waals surface area contributed by atoms with E-state index in [0.717, 1.165) is 5.56 Å². The Morgan fingerprint density at radius 3 is 2.50 bits per heavy atom. The maximum absolute atomic E-state index is 12.4. The van der Waals surface area contributed by atoms with E-state index in [1.165, 1.54) is 5.56 Å². The van der Waals surface area contributed by atoms with Gasteiger partial charge in [-0.05, 0) is 25.3 Å². The van der Waals surface area contributed by atoms with Crippen LogP contribution in [0.15, 0.2) is 24.3 Å². The molecule has 0 bridgehead atoms. The zero-order valence-electron chi connectivity index (χ0n) is 13.5. The molecule has 1 aromatic carbocycles. The SMILES string of the molecule is Cc1ccc(CNC(=O)c2c(C)nn(CC(C)C)c2Cl)cc1. The molecule has 0 unspecified atom stereocenters. The van der Waals surface area contributed by atoms with Crippen LogP contribution in [0.4, 0.5) is 0 Å². The van der Waals surface area contributed by atoms with Gasteiger partial charge in [-0.1, -0.05) is 55.3 Å². The third-order valence-corrected chi connectivity index (χ3v) is 3.79. The fourth-order valence-corrected chi connectivity index (χ4v) is 2.58. The molecule has 0 spiro atoms. The van der Waals surface area contributed by atoms with Gasteiger partial charge in [-0.25, -0.2) is 0 Å². The normalized spacial score (nSPS) is 11.0. The number of benzene rings is 1. The number of aromatic nitrogens is 2. The molecule has 1 N–H and O–H groups in total. The molecule has 1 amide bonds. The number of halogens is 1. The van der Waals surface area contributed by atoms with Gasteiger partial charge in [0.15, 0.2) is 0 Å². The highest BCUT2D eigenvalue weighted by Gasteiger charge is 2.20. The standard InChI is InChI=1S/C17H22ClN3O/c1-11(2)10-21-16(18)15(13(4)20-21)17(22)19-9-14-7-5-12(3)6-8-14/h5-8,11H,9-10H2,1-4H3,(H,19,22). The Morgan fingerprint density at radius 2 is 1.91 bits per heavy atom. The average Bonchev–Trinajstić information content (AvgIpc) is 2.72. The third kappa shape index (κ3) is 3.89. The Morgan fingerprint density at radius 1 is 1.27 bits per heavy atom. The summed E-state index contributed by atoms with van der Waals surface area (Å²) >= 11 is 6.31. The van der Waals surface area contributed by atoms with Crippen molar-refractivity contribution in [2.75, 3.05) is 0 Å². The Labute approximate surface area is 136 Å². The molecule has 118 valence electrons. The van der Waals surface area contributed by atoms with Crippen molar-refractivity contribution in [3.8, 4) is 0 Å². The van der Waals surface area contributed by atoms with Gasteiger partial charge in [0, 0.05) is 13.1 Å². The van der Waals surface area contributed by atoms with Crippen molar-refractivity contribution in [2.45, 2.75) is 40.8 Å². The zero-order chi connectivity index (χ0) is 16.3. The van der Waals surface area contributed by atoms with Gasteiger partial charge < -0.3 is 5.32 Å². The summed E-state index contributed by atoms with van der Waals surface area (Å²) in [6.07, 6.45) is 0. The molecular weight excluding hydrogens is 298 g/mol. The van der Waals surface area contributed by atoms with E-state index in [1.54, 1.807) is 4.68 Å². The van der Waals surface area contributed by atoms with Crippen molar-refractivity contribution in [3.63, 3.8) is 0 Å². The Kier molecular flexibility index (Phi) is 5.24. The smallest absolute Gasteiger partial charge is 0.256 e. The van der Waals surface area contributed by atoms with Gasteiger partial charge in [0.2, 0.25) is 0 Å². The van der Waals surface area contributed by atoms with Crippen LogP contribution < -0.4 is 5.32 Å². The minimum absolute atomic E-state index is 0.182. The number of carbonyl (C=O) groups is 1. The molecule has 0 aliphatic carbocycles. The average molecular weight is 320 g/mol. The van der Waals surface area contributed by atoms with Crippen molar-refractivity contribution >= 4 is 17.5 Å². The summed E-state index contributed by atoms with van der Waals surface area (Å²) in [5.74, 6) is 0.235. The summed E-state index contributed by atoms with van der Waals surface area (Å²) in [4.78, 5) is 12.4. The van der Waals surface area contributed by atoms with Gasteiger partial charge >= 0.3 is 0 Å². The van der Waals surface area contributed by atoms with Crippen molar-refractivity contribution < 1.29 is 4.79 Å². The predicted molar refractivity (Wildman–Crippen MR) is 89.2 cm³/mol. The lowest BCUT2D eigenvalue weighted by Crippen LogP contribution is -2.23. The maximum atomic E-state index is 12.4. The number of rotatable bonds is 5. The second-order valence-electron chi connectivity index (χ2n) is 6.00. The van der Waals surface area contributed by atoms with Gasteiger partial charge in [-0.2, -0.15) is 5.10 Å². The van der Waals surface area contributed by atoms with Crippen LogP contribution in [0, 0.1) is 19.8 Å². The third-order valence-electron chi connectivity index (χ3n) is 3.40. The highest BCUT2D eigenvalue weighted by molar-refractivity contribution is 6.33. The van der Waals surface area contributed by atoms with Crippen LogP contribution in [0.1, 0.15) is 41.0 Å². The molecule has 0 fully saturated rings. The molecule has 4 nitrogen and oxygen atoms in total. The first-order chi connectivity index (χ1) is 10.4. The molecule has 22 heavy (non-hydrogen) atoms. The molecule has 0 atom stereocenters. The largest absolute Gasteiger partial charge is 0.348 e. The highest BCUT2D eigenvalue weighted by Crippen LogP contribution is 2.21. The molecular formula is C17H22ClN3O. The fraction of sp³-hybridized carbons (Fsp3) is 0.412. The molecule has 1 heterocycles. The summed E-state index contributed by atoms with van der Waals surface area (Å²) in [6, 6.07) is 8.07. The minimum atomic E-state index is -0.182. The number of amides is 1. The van der Waals surface area contributed by atoms with Crippen LogP contribution in [0.2, 0.25) is 5.15 Å². The first kappa shape index (κ1) is 16.6. The monoisotopic (exact) mass is 319 g/mol. The molecule has 2 aromatic rings. The second kappa shape index (κ2) is 6.97. The van der Waals surface area contributed by atoms with Crippen molar-refractivity contribution in [2.24, 2.45) is 5.92 Å². The highest BCUT2D eigenvalue weighted by atomic mass is 35.5. The topological polar surface area (TPSA) is 46.9 Å². The summed E-state index contributed by atoms with van der Waals surface area (Å²) in [7, 11) is 0. The van der Waals surface area contributed by atoms with E-state index in [0.29, 0.717) is 35.4 Å². The molecule has 2 rings (SSSR count). The number of hydrogen-bond donors (Lipinski definition) is 1. The molecule has 0 aliphatic rings. The van der Waals surface area contributed by atoms with Gasteiger partial charge in [0.1, 0.15) is 5.15 Å². The Bertz CT molecular complexity index is 659. The van der Waals surface area contributed by atoms with E-state index in [9.17, 15) is 4.79 Å². The number of hydrogen-bond acceptors (Lipinski definition) is 2. The first-order valence-corrected chi connectivity index (χ1v) is 7.83. The van der Waals surface area contributed by atoms with Crippen molar-refractivity contribution in [3.05, 3.63) is 51.8 Å². The predicted octanol–water partition coefficient (Wildman–Crippen LogP) is 3.74. The number of aryl methyl sites for hydroxylation is 2. The molecule has 0 saturated carbocycles. The lowest BCUT2D eigenvalue weighted by Gasteiger charge is -2.07. The van der Waals surface area contributed by atoms with Gasteiger partial charge in [0.25, 0.3) is 5.91 Å². The summed E-state index contributed by atoms with van der Waals surface area (Å²) in [5.41, 5.74) is 3.38. The first-order valence-electron chi connectivity index (χ1n) is 7.45. The molecule has 0 aliphatic heterocycles. The van der Waals surface area contributed by atoms with Crippen LogP contribution in [0.5, 0.6) is 0 Å². The zero-order valence-corrected chi connectivity index (χ0v) is 14.2. The summed E-state index contributed by atoms with van der Waals surface area (Å²) in [5, 5.41) is 7.68. The number of carbonyl (C=O) groups excluding carboxylic acids is 1. The van der Waals surface area contributed by atoms with E-state index in [2.05, 4.69) is 24.3 Å². The minimum Gasteiger partial charge on any atom is -0.348 e. The van der Waals surface area contributed by atoms with Crippen LogP contribution in [-0.4, -0.2) is 15.7 Å². The van der Waals surface area contributed by atoms with Crippen molar-refractivity contribution in [1.82, 2.24) is 15.1 Å². The Balaban J connectivity index is 2.09. The molecule has 0 saturated heterocycles. The van der Waals surface area contributed by atoms with Crippen molar-refractivity contribution in [1.29, 1.82) is 0 Å². The maximum Gasteiger partial charge on any atom is 0.256 e.